The van der Waals surface area contributed by atoms with Crippen LogP contribution in [-0.4, -0.2) is 0 Å². The summed E-state index contributed by atoms with van der Waals surface area (Å²) >= 11 is 4.60. The van der Waals surface area contributed by atoms with Gasteiger partial charge in [-0.3, -0.25) is 0 Å². The predicted molar refractivity (Wildman–Crippen MR) is 71.5 cm³/mol. The molecule has 0 heterocycles. The molecule has 0 spiro atoms. The molecule has 0 fully saturated rings. The van der Waals surface area contributed by atoms with Gasteiger partial charge >= 0.3 is 0 Å². The van der Waals surface area contributed by atoms with Crippen molar-refractivity contribution in [1.29, 1.82) is 0 Å². The second-order valence-electron chi connectivity index (χ2n) is 3.79. The van der Waals surface area contributed by atoms with E-state index in [-0.39, 0.29) is 11.3 Å². The third kappa shape index (κ3) is 2.46. The maximum Gasteiger partial charge on any atom is 0.0459 e. The lowest BCUT2D eigenvalue weighted by Gasteiger charge is -2.19. The normalized spacial score (nSPS) is 14.4. The molecule has 0 aliphatic heterocycles. The fraction of sp³-hybridized carbons (Fsp3) is 0.143. The van der Waals surface area contributed by atoms with Gasteiger partial charge in [0.15, 0.2) is 0 Å². The fourth-order valence-corrected chi connectivity index (χ4v) is 2.06. The molecule has 2 rings (SSSR count). The predicted octanol–water partition coefficient (Wildman–Crippen LogP) is 3.36. The summed E-state index contributed by atoms with van der Waals surface area (Å²) in [4.78, 5) is 0. The number of hydrogen-bond donors (Lipinski definition) is 2. The largest absolute Gasteiger partial charge is 0.323 e. The van der Waals surface area contributed by atoms with Crippen molar-refractivity contribution in [1.82, 2.24) is 0 Å². The summed E-state index contributed by atoms with van der Waals surface area (Å²) in [5, 5.41) is 0.0311. The molecule has 0 saturated carbocycles. The first-order chi connectivity index (χ1) is 7.79. The molecule has 0 saturated heterocycles. The minimum absolute atomic E-state index is 0.0311. The molecule has 2 atom stereocenters. The SMILES string of the molecule is NC(c1ccccc1)C(S)c1ccccc1. The van der Waals surface area contributed by atoms with E-state index in [2.05, 4.69) is 24.8 Å². The average Bonchev–Trinajstić information content (AvgIpc) is 2.39. The van der Waals surface area contributed by atoms with Gasteiger partial charge in [-0.1, -0.05) is 60.7 Å². The van der Waals surface area contributed by atoms with E-state index in [4.69, 9.17) is 5.73 Å². The Morgan fingerprint density at radius 1 is 0.750 bits per heavy atom. The molecule has 0 aromatic heterocycles. The lowest BCUT2D eigenvalue weighted by atomic mass is 9.99. The van der Waals surface area contributed by atoms with Crippen molar-refractivity contribution in [3.8, 4) is 0 Å². The first-order valence-corrected chi connectivity index (χ1v) is 5.84. The van der Waals surface area contributed by atoms with Crippen LogP contribution in [0.25, 0.3) is 0 Å². The first kappa shape index (κ1) is 11.2. The quantitative estimate of drug-likeness (QED) is 0.775. The number of hydrogen-bond acceptors (Lipinski definition) is 2. The molecule has 1 nitrogen and oxygen atoms in total. The van der Waals surface area contributed by atoms with Gasteiger partial charge in [-0.25, -0.2) is 0 Å². The van der Waals surface area contributed by atoms with E-state index in [1.807, 2.05) is 48.5 Å². The van der Waals surface area contributed by atoms with Gasteiger partial charge in [-0.05, 0) is 11.1 Å². The van der Waals surface area contributed by atoms with E-state index in [0.717, 1.165) is 11.1 Å². The van der Waals surface area contributed by atoms with Crippen LogP contribution in [0.15, 0.2) is 60.7 Å². The highest BCUT2D eigenvalue weighted by Crippen LogP contribution is 2.31. The van der Waals surface area contributed by atoms with Crippen LogP contribution in [0.2, 0.25) is 0 Å². The Morgan fingerprint density at radius 3 is 1.69 bits per heavy atom. The van der Waals surface area contributed by atoms with Crippen LogP contribution in [0.4, 0.5) is 0 Å². The van der Waals surface area contributed by atoms with Crippen molar-refractivity contribution in [2.75, 3.05) is 0 Å². The Kier molecular flexibility index (Phi) is 3.65. The third-order valence-electron chi connectivity index (χ3n) is 2.67. The zero-order chi connectivity index (χ0) is 11.4. The summed E-state index contributed by atoms with van der Waals surface area (Å²) in [5.41, 5.74) is 8.47. The fourth-order valence-electron chi connectivity index (χ4n) is 1.72. The van der Waals surface area contributed by atoms with E-state index in [0.29, 0.717) is 0 Å². The van der Waals surface area contributed by atoms with Gasteiger partial charge in [0.2, 0.25) is 0 Å². The van der Waals surface area contributed by atoms with Gasteiger partial charge in [0.1, 0.15) is 0 Å². The Balaban J connectivity index is 2.20. The minimum atomic E-state index is -0.0769. The van der Waals surface area contributed by atoms with Gasteiger partial charge in [-0.2, -0.15) is 12.6 Å². The summed E-state index contributed by atoms with van der Waals surface area (Å²) in [6.07, 6.45) is 0. The topological polar surface area (TPSA) is 26.0 Å². The average molecular weight is 229 g/mol. The Labute approximate surface area is 102 Å². The second-order valence-corrected chi connectivity index (χ2v) is 4.35. The van der Waals surface area contributed by atoms with Crippen molar-refractivity contribution in [2.24, 2.45) is 5.73 Å². The third-order valence-corrected chi connectivity index (χ3v) is 3.29. The smallest absolute Gasteiger partial charge is 0.0459 e. The van der Waals surface area contributed by atoms with Crippen molar-refractivity contribution in [3.05, 3.63) is 71.8 Å². The number of benzene rings is 2. The molecule has 2 heteroatoms. The Hall–Kier alpha value is -1.25. The lowest BCUT2D eigenvalue weighted by Crippen LogP contribution is -2.16. The maximum atomic E-state index is 6.19. The molecule has 2 unspecified atom stereocenters. The molecule has 0 bridgehead atoms. The van der Waals surface area contributed by atoms with Gasteiger partial charge < -0.3 is 5.73 Å². The van der Waals surface area contributed by atoms with Crippen molar-refractivity contribution < 1.29 is 0 Å². The number of thiol groups is 1. The van der Waals surface area contributed by atoms with Crippen LogP contribution in [0, 0.1) is 0 Å². The summed E-state index contributed by atoms with van der Waals surface area (Å²) in [7, 11) is 0. The Morgan fingerprint density at radius 2 is 1.19 bits per heavy atom. The lowest BCUT2D eigenvalue weighted by molar-refractivity contribution is 0.709. The highest BCUT2D eigenvalue weighted by Gasteiger charge is 2.16. The number of rotatable bonds is 3. The van der Waals surface area contributed by atoms with Gasteiger partial charge in [0.25, 0.3) is 0 Å². The summed E-state index contributed by atoms with van der Waals surface area (Å²) in [6, 6.07) is 20.1. The standard InChI is InChI=1S/C14H15NS/c15-13(11-7-3-1-4-8-11)14(16)12-9-5-2-6-10-12/h1-10,13-14,16H,15H2. The van der Waals surface area contributed by atoms with Crippen molar-refractivity contribution in [3.63, 3.8) is 0 Å². The van der Waals surface area contributed by atoms with Crippen molar-refractivity contribution in [2.45, 2.75) is 11.3 Å². The second kappa shape index (κ2) is 5.19. The van der Waals surface area contributed by atoms with Gasteiger partial charge in [0, 0.05) is 11.3 Å². The molecule has 0 radical (unpaired) electrons. The van der Waals surface area contributed by atoms with E-state index in [9.17, 15) is 0 Å². The van der Waals surface area contributed by atoms with E-state index < -0.39 is 0 Å². The Bertz CT molecular complexity index is 384. The molecule has 82 valence electrons. The number of nitrogens with two attached hydrogens (primary N) is 1. The van der Waals surface area contributed by atoms with Crippen LogP contribution in [0.3, 0.4) is 0 Å². The monoisotopic (exact) mass is 229 g/mol. The van der Waals surface area contributed by atoms with Gasteiger partial charge in [0.05, 0.1) is 0 Å². The molecular weight excluding hydrogens is 214 g/mol. The highest BCUT2D eigenvalue weighted by molar-refractivity contribution is 7.80. The summed E-state index contributed by atoms with van der Waals surface area (Å²) < 4.78 is 0. The van der Waals surface area contributed by atoms with Crippen LogP contribution in [-0.2, 0) is 0 Å². The molecule has 2 aromatic carbocycles. The molecule has 16 heavy (non-hydrogen) atoms. The zero-order valence-corrected chi connectivity index (χ0v) is 9.85. The van der Waals surface area contributed by atoms with Crippen LogP contribution < -0.4 is 5.73 Å². The van der Waals surface area contributed by atoms with Gasteiger partial charge in [-0.15, -0.1) is 0 Å². The minimum Gasteiger partial charge on any atom is -0.323 e. The zero-order valence-electron chi connectivity index (χ0n) is 8.95. The highest BCUT2D eigenvalue weighted by atomic mass is 32.1. The molecule has 0 amide bonds. The first-order valence-electron chi connectivity index (χ1n) is 5.32. The molecular formula is C14H15NS. The molecule has 0 aliphatic carbocycles. The van der Waals surface area contributed by atoms with E-state index in [1.165, 1.54) is 0 Å². The van der Waals surface area contributed by atoms with Crippen molar-refractivity contribution >= 4 is 12.6 Å². The van der Waals surface area contributed by atoms with Crippen LogP contribution >= 0.6 is 12.6 Å². The van der Waals surface area contributed by atoms with Crippen LogP contribution in [0.1, 0.15) is 22.4 Å². The summed E-state index contributed by atoms with van der Waals surface area (Å²) in [6.45, 7) is 0. The van der Waals surface area contributed by atoms with Crippen LogP contribution in [0.5, 0.6) is 0 Å². The van der Waals surface area contributed by atoms with E-state index >= 15 is 0 Å². The van der Waals surface area contributed by atoms with E-state index in [1.54, 1.807) is 0 Å². The summed E-state index contributed by atoms with van der Waals surface area (Å²) in [5.74, 6) is 0. The maximum absolute atomic E-state index is 6.19. The molecule has 2 aromatic rings. The molecule has 2 N–H and O–H groups in total. The molecule has 0 aliphatic rings.